The summed E-state index contributed by atoms with van der Waals surface area (Å²) in [5, 5.41) is 7.31. The van der Waals surface area contributed by atoms with Gasteiger partial charge in [-0.05, 0) is 50.1 Å². The molecule has 1 aromatic carbocycles. The number of nitrogens with zero attached hydrogens (tertiary/aromatic N) is 2. The van der Waals surface area contributed by atoms with Crippen molar-refractivity contribution in [1.29, 1.82) is 0 Å². The SMILES string of the molecule is Cc1cc([C@H]2CCCN([C@@H](C(N)=O)c3ccc(F)cc3)C2)n[nH]1. The number of aromatic amines is 1. The maximum absolute atomic E-state index is 13.1. The molecule has 1 aromatic heterocycles. The monoisotopic (exact) mass is 316 g/mol. The Morgan fingerprint density at radius 2 is 2.17 bits per heavy atom. The van der Waals surface area contributed by atoms with Crippen LogP contribution in [0.3, 0.4) is 0 Å². The van der Waals surface area contributed by atoms with Crippen LogP contribution in [-0.4, -0.2) is 34.1 Å². The third kappa shape index (κ3) is 3.42. The molecule has 122 valence electrons. The number of benzene rings is 1. The minimum Gasteiger partial charge on any atom is -0.368 e. The second-order valence-electron chi connectivity index (χ2n) is 6.17. The molecule has 0 saturated carbocycles. The highest BCUT2D eigenvalue weighted by Gasteiger charge is 2.31. The van der Waals surface area contributed by atoms with E-state index in [4.69, 9.17) is 5.73 Å². The van der Waals surface area contributed by atoms with Crippen LogP contribution in [0.25, 0.3) is 0 Å². The zero-order chi connectivity index (χ0) is 16.4. The summed E-state index contributed by atoms with van der Waals surface area (Å²) in [5.74, 6) is -0.452. The van der Waals surface area contributed by atoms with E-state index in [2.05, 4.69) is 15.1 Å². The van der Waals surface area contributed by atoms with Crippen molar-refractivity contribution in [1.82, 2.24) is 15.1 Å². The van der Waals surface area contributed by atoms with Crippen LogP contribution in [0.2, 0.25) is 0 Å². The molecule has 2 aromatic rings. The van der Waals surface area contributed by atoms with Crippen molar-refractivity contribution in [2.75, 3.05) is 13.1 Å². The van der Waals surface area contributed by atoms with Crippen LogP contribution in [-0.2, 0) is 4.79 Å². The number of hydrogen-bond donors (Lipinski definition) is 2. The highest BCUT2D eigenvalue weighted by Crippen LogP contribution is 2.31. The number of likely N-dealkylation sites (tertiary alicyclic amines) is 1. The van der Waals surface area contributed by atoms with E-state index in [1.165, 1.54) is 12.1 Å². The molecule has 0 radical (unpaired) electrons. The summed E-state index contributed by atoms with van der Waals surface area (Å²) in [6.45, 7) is 3.49. The molecule has 0 unspecified atom stereocenters. The molecular formula is C17H21FN4O. The summed E-state index contributed by atoms with van der Waals surface area (Å²) in [6, 6.07) is 7.51. The van der Waals surface area contributed by atoms with Crippen LogP contribution in [0.5, 0.6) is 0 Å². The van der Waals surface area contributed by atoms with Gasteiger partial charge in [-0.25, -0.2) is 4.39 Å². The number of carbonyl (C=O) groups is 1. The van der Waals surface area contributed by atoms with Gasteiger partial charge in [-0.3, -0.25) is 14.8 Å². The van der Waals surface area contributed by atoms with E-state index in [-0.39, 0.29) is 11.7 Å². The van der Waals surface area contributed by atoms with Crippen LogP contribution in [0.1, 0.15) is 41.8 Å². The molecule has 1 saturated heterocycles. The van der Waals surface area contributed by atoms with E-state index < -0.39 is 11.9 Å². The lowest BCUT2D eigenvalue weighted by molar-refractivity contribution is -0.124. The van der Waals surface area contributed by atoms with Crippen LogP contribution < -0.4 is 5.73 Å². The molecule has 23 heavy (non-hydrogen) atoms. The summed E-state index contributed by atoms with van der Waals surface area (Å²) in [7, 11) is 0. The van der Waals surface area contributed by atoms with Crippen LogP contribution >= 0.6 is 0 Å². The van der Waals surface area contributed by atoms with Crippen molar-refractivity contribution < 1.29 is 9.18 Å². The lowest BCUT2D eigenvalue weighted by Gasteiger charge is -2.36. The summed E-state index contributed by atoms with van der Waals surface area (Å²) in [5.41, 5.74) is 8.42. The molecule has 6 heteroatoms. The Morgan fingerprint density at radius 3 is 2.78 bits per heavy atom. The van der Waals surface area contributed by atoms with Gasteiger partial charge in [0.2, 0.25) is 5.91 Å². The summed E-state index contributed by atoms with van der Waals surface area (Å²) in [4.78, 5) is 14.1. The molecule has 1 fully saturated rings. The fourth-order valence-corrected chi connectivity index (χ4v) is 3.33. The molecule has 0 aliphatic carbocycles. The van der Waals surface area contributed by atoms with Crippen molar-refractivity contribution >= 4 is 5.91 Å². The number of primary amides is 1. The molecule has 5 nitrogen and oxygen atoms in total. The maximum atomic E-state index is 13.1. The van der Waals surface area contributed by atoms with Crippen LogP contribution in [0.15, 0.2) is 30.3 Å². The Labute approximate surface area is 134 Å². The normalized spacial score (nSPS) is 20.3. The first-order valence-electron chi connectivity index (χ1n) is 7.85. The predicted octanol–water partition coefficient (Wildman–Crippen LogP) is 2.26. The molecule has 1 aliphatic rings. The van der Waals surface area contributed by atoms with E-state index in [0.717, 1.165) is 42.9 Å². The molecule has 2 atom stereocenters. The van der Waals surface area contributed by atoms with Gasteiger partial charge in [0, 0.05) is 18.2 Å². The second kappa shape index (κ2) is 6.50. The smallest absolute Gasteiger partial charge is 0.239 e. The number of nitrogens with one attached hydrogen (secondary N) is 1. The first-order chi connectivity index (χ1) is 11.0. The number of aryl methyl sites for hydroxylation is 1. The summed E-state index contributed by atoms with van der Waals surface area (Å²) < 4.78 is 13.1. The van der Waals surface area contributed by atoms with E-state index in [9.17, 15) is 9.18 Å². The Balaban J connectivity index is 1.82. The van der Waals surface area contributed by atoms with Gasteiger partial charge in [-0.1, -0.05) is 12.1 Å². The molecule has 3 N–H and O–H groups in total. The van der Waals surface area contributed by atoms with E-state index in [1.807, 2.05) is 13.0 Å². The Morgan fingerprint density at radius 1 is 1.43 bits per heavy atom. The van der Waals surface area contributed by atoms with Crippen molar-refractivity contribution in [2.24, 2.45) is 5.73 Å². The van der Waals surface area contributed by atoms with Gasteiger partial charge < -0.3 is 5.73 Å². The Hall–Kier alpha value is -2.21. The third-order valence-electron chi connectivity index (χ3n) is 4.42. The van der Waals surface area contributed by atoms with E-state index in [0.29, 0.717) is 0 Å². The Kier molecular flexibility index (Phi) is 4.43. The number of hydrogen-bond acceptors (Lipinski definition) is 3. The van der Waals surface area contributed by atoms with Gasteiger partial charge in [0.25, 0.3) is 0 Å². The number of nitrogens with two attached hydrogens (primary N) is 1. The molecular weight excluding hydrogens is 295 g/mol. The lowest BCUT2D eigenvalue weighted by Crippen LogP contribution is -2.43. The van der Waals surface area contributed by atoms with Crippen molar-refractivity contribution in [3.05, 3.63) is 53.1 Å². The van der Waals surface area contributed by atoms with Gasteiger partial charge in [0.15, 0.2) is 0 Å². The van der Waals surface area contributed by atoms with Crippen LogP contribution in [0, 0.1) is 12.7 Å². The maximum Gasteiger partial charge on any atom is 0.239 e. The average Bonchev–Trinajstić information content (AvgIpc) is 2.96. The zero-order valence-corrected chi connectivity index (χ0v) is 13.1. The van der Waals surface area contributed by atoms with E-state index >= 15 is 0 Å². The Bertz CT molecular complexity index is 682. The van der Waals surface area contributed by atoms with Gasteiger partial charge in [0.1, 0.15) is 11.9 Å². The third-order valence-corrected chi connectivity index (χ3v) is 4.42. The number of H-pyrrole nitrogens is 1. The minimum atomic E-state index is -0.529. The van der Waals surface area contributed by atoms with Crippen LogP contribution in [0.4, 0.5) is 4.39 Å². The number of piperidine rings is 1. The topological polar surface area (TPSA) is 75.0 Å². The van der Waals surface area contributed by atoms with Gasteiger partial charge in [-0.15, -0.1) is 0 Å². The number of aromatic nitrogens is 2. The molecule has 0 bridgehead atoms. The lowest BCUT2D eigenvalue weighted by atomic mass is 9.92. The molecule has 2 heterocycles. The number of carbonyl (C=O) groups excluding carboxylic acids is 1. The predicted molar refractivity (Wildman–Crippen MR) is 85.2 cm³/mol. The molecule has 0 spiro atoms. The second-order valence-corrected chi connectivity index (χ2v) is 6.17. The first-order valence-corrected chi connectivity index (χ1v) is 7.85. The van der Waals surface area contributed by atoms with Gasteiger partial charge >= 0.3 is 0 Å². The molecule has 1 aliphatic heterocycles. The number of halogens is 1. The van der Waals surface area contributed by atoms with Crippen molar-refractivity contribution in [2.45, 2.75) is 31.7 Å². The molecule has 1 amide bonds. The minimum absolute atomic E-state index is 0.274. The highest BCUT2D eigenvalue weighted by atomic mass is 19.1. The zero-order valence-electron chi connectivity index (χ0n) is 13.1. The van der Waals surface area contributed by atoms with E-state index in [1.54, 1.807) is 12.1 Å². The average molecular weight is 316 g/mol. The number of amides is 1. The number of rotatable bonds is 4. The standard InChI is InChI=1S/C17H21FN4O/c1-11-9-15(21-20-11)13-3-2-8-22(10-13)16(17(19)23)12-4-6-14(18)7-5-12/h4-7,9,13,16H,2-3,8,10H2,1H3,(H2,19,23)(H,20,21)/t13-,16+/m0/s1. The summed E-state index contributed by atoms with van der Waals surface area (Å²) >= 11 is 0. The summed E-state index contributed by atoms with van der Waals surface area (Å²) in [6.07, 6.45) is 2.01. The van der Waals surface area contributed by atoms with Crippen molar-refractivity contribution in [3.63, 3.8) is 0 Å². The fraction of sp³-hybridized carbons (Fsp3) is 0.412. The van der Waals surface area contributed by atoms with Gasteiger partial charge in [-0.2, -0.15) is 5.10 Å². The van der Waals surface area contributed by atoms with Crippen molar-refractivity contribution in [3.8, 4) is 0 Å². The molecule has 3 rings (SSSR count). The van der Waals surface area contributed by atoms with Gasteiger partial charge in [0.05, 0.1) is 5.69 Å². The largest absolute Gasteiger partial charge is 0.368 e. The highest BCUT2D eigenvalue weighted by molar-refractivity contribution is 5.81. The first kappa shape index (κ1) is 15.7. The quantitative estimate of drug-likeness (QED) is 0.908. The fourth-order valence-electron chi connectivity index (χ4n) is 3.33.